The molecule has 0 atom stereocenters. The molecule has 220 valence electrons. The van der Waals surface area contributed by atoms with Crippen LogP contribution in [0.25, 0.3) is 0 Å². The number of carbonyl (C=O) groups is 3. The van der Waals surface area contributed by atoms with Crippen LogP contribution in [0.4, 0.5) is 43.9 Å². The molecule has 0 unspecified atom stereocenters. The molecular formula is C23H16BrF10NO5. The van der Waals surface area contributed by atoms with Gasteiger partial charge in [0.25, 0.3) is 0 Å². The Hall–Kier alpha value is -3.37. The molecule has 2 aromatic carbocycles. The van der Waals surface area contributed by atoms with Crippen LogP contribution in [-0.4, -0.2) is 29.2 Å². The van der Waals surface area contributed by atoms with Crippen molar-refractivity contribution in [1.82, 2.24) is 5.32 Å². The van der Waals surface area contributed by atoms with Gasteiger partial charge in [-0.1, -0.05) is 22.4 Å². The molecule has 0 bridgehead atoms. The maximum absolute atomic E-state index is 13.8. The average Bonchev–Trinajstić information content (AvgIpc) is 2.91. The van der Waals surface area contributed by atoms with Crippen molar-refractivity contribution in [2.45, 2.75) is 44.6 Å². The molecule has 0 fully saturated rings. The number of rotatable bonds is 12. The fraction of sp³-hybridized carbons (Fsp3) is 0.348. The molecule has 1 amide bonds. The third-order valence-electron chi connectivity index (χ3n) is 5.00. The van der Waals surface area contributed by atoms with E-state index >= 15 is 0 Å². The third kappa shape index (κ3) is 7.85. The maximum Gasteiger partial charge on any atom is 0.313 e. The number of amides is 1. The van der Waals surface area contributed by atoms with Crippen LogP contribution in [0.3, 0.4) is 0 Å². The minimum Gasteiger partial charge on any atom is -0.420 e. The first-order chi connectivity index (χ1) is 18.7. The molecule has 6 nitrogen and oxygen atoms in total. The van der Waals surface area contributed by atoms with Crippen LogP contribution in [0.1, 0.15) is 38.5 Å². The van der Waals surface area contributed by atoms with Crippen LogP contribution >= 0.6 is 15.9 Å². The van der Waals surface area contributed by atoms with Gasteiger partial charge < -0.3 is 14.8 Å². The molecule has 0 spiro atoms. The van der Waals surface area contributed by atoms with Crippen molar-refractivity contribution in [2.75, 3.05) is 5.33 Å². The van der Waals surface area contributed by atoms with Gasteiger partial charge in [0.05, 0.1) is 12.8 Å². The summed E-state index contributed by atoms with van der Waals surface area (Å²) in [5, 5.41) is 2.72. The lowest BCUT2D eigenvalue weighted by atomic mass is 10.1. The summed E-state index contributed by atoms with van der Waals surface area (Å²) in [5.74, 6) is -33.2. The smallest absolute Gasteiger partial charge is 0.313 e. The monoisotopic (exact) mass is 655 g/mol. The van der Waals surface area contributed by atoms with E-state index in [4.69, 9.17) is 0 Å². The molecule has 40 heavy (non-hydrogen) atoms. The third-order valence-corrected chi connectivity index (χ3v) is 5.56. The van der Waals surface area contributed by atoms with Crippen molar-refractivity contribution < 1.29 is 67.8 Å². The van der Waals surface area contributed by atoms with Crippen LogP contribution in [0.2, 0.25) is 0 Å². The van der Waals surface area contributed by atoms with Gasteiger partial charge >= 0.3 is 11.9 Å². The zero-order chi connectivity index (χ0) is 30.3. The molecule has 0 aliphatic rings. The zero-order valence-electron chi connectivity index (χ0n) is 19.7. The van der Waals surface area contributed by atoms with E-state index in [0.717, 1.165) is 0 Å². The van der Waals surface area contributed by atoms with Crippen LogP contribution in [-0.2, 0) is 14.4 Å². The van der Waals surface area contributed by atoms with Gasteiger partial charge in [-0.15, -0.1) is 0 Å². The molecule has 0 heterocycles. The predicted molar refractivity (Wildman–Crippen MR) is 117 cm³/mol. The van der Waals surface area contributed by atoms with Crippen molar-refractivity contribution in [3.63, 3.8) is 0 Å². The van der Waals surface area contributed by atoms with Gasteiger partial charge in [0.2, 0.25) is 75.6 Å². The average molecular weight is 656 g/mol. The van der Waals surface area contributed by atoms with Crippen molar-refractivity contribution >= 4 is 33.8 Å². The number of ether oxygens (including phenoxy) is 2. The number of hydrogen-bond acceptors (Lipinski definition) is 5. The van der Waals surface area contributed by atoms with E-state index in [1.807, 2.05) is 0 Å². The van der Waals surface area contributed by atoms with E-state index in [-0.39, 0.29) is 6.42 Å². The Labute approximate surface area is 226 Å². The molecule has 0 aromatic heterocycles. The van der Waals surface area contributed by atoms with Crippen LogP contribution in [0.5, 0.6) is 11.5 Å². The van der Waals surface area contributed by atoms with Crippen molar-refractivity contribution in [1.29, 1.82) is 0 Å². The van der Waals surface area contributed by atoms with E-state index in [9.17, 15) is 58.3 Å². The van der Waals surface area contributed by atoms with Crippen molar-refractivity contribution in [3.05, 3.63) is 58.2 Å². The van der Waals surface area contributed by atoms with Gasteiger partial charge in [0.15, 0.2) is 0 Å². The lowest BCUT2D eigenvalue weighted by molar-refractivity contribution is -0.137. The molecular weight excluding hydrogens is 640 g/mol. The summed E-state index contributed by atoms with van der Waals surface area (Å²) >= 11 is 3.17. The fourth-order valence-corrected chi connectivity index (χ4v) is 3.49. The molecule has 0 saturated carbocycles. The van der Waals surface area contributed by atoms with E-state index < -0.39 is 106 Å². The van der Waals surface area contributed by atoms with E-state index in [1.165, 1.54) is 0 Å². The minimum absolute atomic E-state index is 0.192. The normalized spacial score (nSPS) is 11.1. The zero-order valence-corrected chi connectivity index (χ0v) is 21.3. The Morgan fingerprint density at radius 1 is 0.575 bits per heavy atom. The second kappa shape index (κ2) is 14.3. The quantitative estimate of drug-likeness (QED) is 0.0594. The Morgan fingerprint density at radius 2 is 0.925 bits per heavy atom. The molecule has 0 aliphatic carbocycles. The van der Waals surface area contributed by atoms with Crippen LogP contribution in [0, 0.1) is 58.2 Å². The largest absolute Gasteiger partial charge is 0.420 e. The Kier molecular flexibility index (Phi) is 11.8. The standard InChI is InChI=1S/C23H16BrF10NO5/c24-5-3-1-2-4-9(36)35-8(6-10(37)39-22-18(31)14(27)12(25)15(28)19(22)32)7-11(38)40-23-20(33)16(29)13(26)17(30)21(23)34/h8H,1-7H2,(H,35,36). The summed E-state index contributed by atoms with van der Waals surface area (Å²) in [6, 6.07) is -1.76. The summed E-state index contributed by atoms with van der Waals surface area (Å²) in [6.07, 6.45) is -1.10. The number of unbranched alkanes of at least 4 members (excludes halogenated alkanes) is 2. The molecule has 1 N–H and O–H groups in total. The fourth-order valence-electron chi connectivity index (χ4n) is 3.09. The van der Waals surface area contributed by atoms with E-state index in [2.05, 4.69) is 30.7 Å². The van der Waals surface area contributed by atoms with Gasteiger partial charge in [-0.25, -0.2) is 26.3 Å². The minimum atomic E-state index is -2.55. The lowest BCUT2D eigenvalue weighted by Crippen LogP contribution is -2.39. The molecule has 0 aliphatic heterocycles. The first kappa shape index (κ1) is 32.8. The first-order valence-corrected chi connectivity index (χ1v) is 12.1. The van der Waals surface area contributed by atoms with Gasteiger partial charge in [0, 0.05) is 17.8 Å². The summed E-state index contributed by atoms with van der Waals surface area (Å²) in [4.78, 5) is 36.7. The van der Waals surface area contributed by atoms with Gasteiger partial charge in [-0.05, 0) is 12.8 Å². The number of carbonyl (C=O) groups excluding carboxylic acids is 3. The van der Waals surface area contributed by atoms with Crippen LogP contribution in [0.15, 0.2) is 0 Å². The highest BCUT2D eigenvalue weighted by molar-refractivity contribution is 9.09. The Morgan fingerprint density at radius 3 is 1.27 bits per heavy atom. The molecule has 0 radical (unpaired) electrons. The van der Waals surface area contributed by atoms with Crippen molar-refractivity contribution in [2.24, 2.45) is 0 Å². The highest BCUT2D eigenvalue weighted by Gasteiger charge is 2.32. The Bertz CT molecular complexity index is 1170. The molecule has 0 saturated heterocycles. The lowest BCUT2D eigenvalue weighted by Gasteiger charge is -2.18. The highest BCUT2D eigenvalue weighted by Crippen LogP contribution is 2.31. The molecule has 2 aromatic rings. The van der Waals surface area contributed by atoms with Gasteiger partial charge in [-0.2, -0.15) is 17.6 Å². The summed E-state index contributed by atoms with van der Waals surface area (Å²) in [6.45, 7) is 0. The molecule has 2 rings (SSSR count). The number of hydrogen-bond donors (Lipinski definition) is 1. The summed E-state index contributed by atoms with van der Waals surface area (Å²) < 4.78 is 144. The van der Waals surface area contributed by atoms with E-state index in [1.54, 1.807) is 0 Å². The maximum atomic E-state index is 13.8. The van der Waals surface area contributed by atoms with Crippen molar-refractivity contribution in [3.8, 4) is 11.5 Å². The Balaban J connectivity index is 2.25. The number of nitrogens with one attached hydrogen (secondary N) is 1. The van der Waals surface area contributed by atoms with E-state index in [0.29, 0.717) is 24.6 Å². The SMILES string of the molecule is O=C(CCCCCBr)NC(CC(=O)Oc1c(F)c(F)c(F)c(F)c1F)CC(=O)Oc1c(F)c(F)c(F)c(F)c1F. The first-order valence-electron chi connectivity index (χ1n) is 11.0. The number of esters is 2. The number of halogens is 11. The molecule has 17 heteroatoms. The predicted octanol–water partition coefficient (Wildman–Crippen LogP) is 5.81. The topological polar surface area (TPSA) is 81.7 Å². The summed E-state index contributed by atoms with van der Waals surface area (Å²) in [7, 11) is 0. The van der Waals surface area contributed by atoms with Gasteiger partial charge in [-0.3, -0.25) is 14.4 Å². The number of benzene rings is 2. The second-order valence-corrected chi connectivity index (χ2v) is 8.71. The summed E-state index contributed by atoms with van der Waals surface area (Å²) in [5.41, 5.74) is 0. The van der Waals surface area contributed by atoms with Gasteiger partial charge in [0.1, 0.15) is 0 Å². The number of alkyl halides is 1. The highest BCUT2D eigenvalue weighted by atomic mass is 79.9. The van der Waals surface area contributed by atoms with Crippen LogP contribution < -0.4 is 14.8 Å². The second-order valence-electron chi connectivity index (χ2n) is 7.92.